The first-order chi connectivity index (χ1) is 8.28. The number of hydrogen-bond acceptors (Lipinski definition) is 4. The van der Waals surface area contributed by atoms with Crippen LogP contribution in [0, 0.1) is 0 Å². The highest BCUT2D eigenvalue weighted by molar-refractivity contribution is 5.06. The summed E-state index contributed by atoms with van der Waals surface area (Å²) in [5, 5.41) is 8.92. The van der Waals surface area contributed by atoms with Crippen molar-refractivity contribution >= 4 is 0 Å². The summed E-state index contributed by atoms with van der Waals surface area (Å²) in [7, 11) is 2.07. The lowest BCUT2D eigenvalue weighted by molar-refractivity contribution is -0.00346. The van der Waals surface area contributed by atoms with Crippen LogP contribution in [0.5, 0.6) is 0 Å². The van der Waals surface area contributed by atoms with E-state index in [4.69, 9.17) is 14.3 Å². The summed E-state index contributed by atoms with van der Waals surface area (Å²) in [5.74, 6) is 1.52. The van der Waals surface area contributed by atoms with Crippen LogP contribution in [0.4, 0.5) is 0 Å². The monoisotopic (exact) mass is 239 g/mol. The van der Waals surface area contributed by atoms with Crippen LogP contribution in [-0.4, -0.2) is 36.3 Å². The molecule has 1 aromatic heterocycles. The number of aliphatic hydroxyl groups excluding tert-OH is 1. The summed E-state index contributed by atoms with van der Waals surface area (Å²) in [6, 6.07) is 3.74. The summed E-state index contributed by atoms with van der Waals surface area (Å²) in [5.41, 5.74) is 0. The van der Waals surface area contributed by atoms with Crippen molar-refractivity contribution in [1.29, 1.82) is 0 Å². The Balaban J connectivity index is 1.77. The number of rotatable bonds is 5. The second-order valence-electron chi connectivity index (χ2n) is 4.71. The van der Waals surface area contributed by atoms with Crippen molar-refractivity contribution in [2.24, 2.45) is 0 Å². The number of ether oxygens (including phenoxy) is 1. The van der Waals surface area contributed by atoms with Crippen molar-refractivity contribution in [3.05, 3.63) is 23.7 Å². The van der Waals surface area contributed by atoms with Gasteiger partial charge in [0.15, 0.2) is 0 Å². The standard InChI is InChI=1S/C13H21NO3/c1-14(8-11-4-2-3-7-16-11)9-12-5-6-13(10-15)17-12/h5-6,11,15H,2-4,7-10H2,1H3. The van der Waals surface area contributed by atoms with Crippen LogP contribution in [0.15, 0.2) is 16.5 Å². The van der Waals surface area contributed by atoms with Gasteiger partial charge in [-0.2, -0.15) is 0 Å². The quantitative estimate of drug-likeness (QED) is 0.850. The van der Waals surface area contributed by atoms with Crippen molar-refractivity contribution < 1.29 is 14.3 Å². The normalized spacial score (nSPS) is 21.0. The molecule has 17 heavy (non-hydrogen) atoms. The largest absolute Gasteiger partial charge is 0.462 e. The maximum absolute atomic E-state index is 8.92. The average Bonchev–Trinajstić information content (AvgIpc) is 2.78. The van der Waals surface area contributed by atoms with Crippen LogP contribution in [0.3, 0.4) is 0 Å². The Morgan fingerprint density at radius 2 is 2.18 bits per heavy atom. The van der Waals surface area contributed by atoms with Gasteiger partial charge in [-0.3, -0.25) is 4.90 Å². The Bertz CT molecular complexity index is 331. The van der Waals surface area contributed by atoms with E-state index >= 15 is 0 Å². The minimum Gasteiger partial charge on any atom is -0.462 e. The van der Waals surface area contributed by atoms with E-state index in [9.17, 15) is 0 Å². The highest BCUT2D eigenvalue weighted by Gasteiger charge is 2.16. The van der Waals surface area contributed by atoms with E-state index in [-0.39, 0.29) is 6.61 Å². The Morgan fingerprint density at radius 3 is 2.82 bits per heavy atom. The first-order valence-electron chi connectivity index (χ1n) is 6.26. The third-order valence-electron chi connectivity index (χ3n) is 3.09. The van der Waals surface area contributed by atoms with Crippen LogP contribution in [-0.2, 0) is 17.9 Å². The molecule has 0 spiro atoms. The molecule has 1 saturated heterocycles. The lowest BCUT2D eigenvalue weighted by atomic mass is 10.1. The maximum Gasteiger partial charge on any atom is 0.129 e. The van der Waals surface area contributed by atoms with Crippen LogP contribution in [0.1, 0.15) is 30.8 Å². The van der Waals surface area contributed by atoms with Gasteiger partial charge in [-0.15, -0.1) is 0 Å². The topological polar surface area (TPSA) is 45.8 Å². The molecular weight excluding hydrogens is 218 g/mol. The van der Waals surface area contributed by atoms with Crippen molar-refractivity contribution in [1.82, 2.24) is 4.90 Å². The molecule has 2 heterocycles. The van der Waals surface area contributed by atoms with Gasteiger partial charge in [0.25, 0.3) is 0 Å². The molecular formula is C13H21NO3. The van der Waals surface area contributed by atoms with E-state index in [0.717, 1.165) is 31.9 Å². The Morgan fingerprint density at radius 1 is 1.35 bits per heavy atom. The van der Waals surface area contributed by atoms with Crippen LogP contribution >= 0.6 is 0 Å². The van der Waals surface area contributed by atoms with Gasteiger partial charge in [0.2, 0.25) is 0 Å². The summed E-state index contributed by atoms with van der Waals surface area (Å²) in [6.07, 6.45) is 3.98. The predicted molar refractivity (Wildman–Crippen MR) is 64.6 cm³/mol. The van der Waals surface area contributed by atoms with Crippen molar-refractivity contribution in [3.63, 3.8) is 0 Å². The molecule has 0 aromatic carbocycles. The van der Waals surface area contributed by atoms with E-state index in [0.29, 0.717) is 11.9 Å². The van der Waals surface area contributed by atoms with Crippen molar-refractivity contribution in [2.75, 3.05) is 20.2 Å². The molecule has 1 fully saturated rings. The molecule has 0 bridgehead atoms. The Hall–Kier alpha value is -0.840. The molecule has 0 aliphatic carbocycles. The average molecular weight is 239 g/mol. The zero-order valence-corrected chi connectivity index (χ0v) is 10.4. The van der Waals surface area contributed by atoms with Crippen LogP contribution in [0.2, 0.25) is 0 Å². The molecule has 4 heteroatoms. The zero-order chi connectivity index (χ0) is 12.1. The number of aliphatic hydroxyl groups is 1. The highest BCUT2D eigenvalue weighted by atomic mass is 16.5. The van der Waals surface area contributed by atoms with Crippen molar-refractivity contribution in [3.8, 4) is 0 Å². The molecule has 4 nitrogen and oxygen atoms in total. The van der Waals surface area contributed by atoms with Crippen LogP contribution in [0.25, 0.3) is 0 Å². The second-order valence-corrected chi connectivity index (χ2v) is 4.71. The first kappa shape index (κ1) is 12.6. The molecule has 1 aromatic rings. The van der Waals surface area contributed by atoms with Gasteiger partial charge in [0.1, 0.15) is 18.1 Å². The fraction of sp³-hybridized carbons (Fsp3) is 0.692. The number of furan rings is 1. The second kappa shape index (κ2) is 6.19. The molecule has 1 atom stereocenters. The van der Waals surface area contributed by atoms with Crippen LogP contribution < -0.4 is 0 Å². The van der Waals surface area contributed by atoms with E-state index < -0.39 is 0 Å². The summed E-state index contributed by atoms with van der Waals surface area (Å²) >= 11 is 0. The number of likely N-dealkylation sites (N-methyl/N-ethyl adjacent to an activating group) is 1. The lowest BCUT2D eigenvalue weighted by Gasteiger charge is -2.26. The molecule has 1 aliphatic rings. The van der Waals surface area contributed by atoms with E-state index in [1.165, 1.54) is 12.8 Å². The predicted octanol–water partition coefficient (Wildman–Crippen LogP) is 1.77. The van der Waals surface area contributed by atoms with E-state index in [2.05, 4.69) is 11.9 Å². The Labute approximate surface area is 102 Å². The van der Waals surface area contributed by atoms with Gasteiger partial charge in [-0.05, 0) is 38.4 Å². The maximum atomic E-state index is 8.92. The third-order valence-corrected chi connectivity index (χ3v) is 3.09. The molecule has 96 valence electrons. The van der Waals surface area contributed by atoms with Gasteiger partial charge in [0.05, 0.1) is 12.6 Å². The SMILES string of the molecule is CN(Cc1ccc(CO)o1)CC1CCCCO1. The Kier molecular flexibility index (Phi) is 4.59. The first-order valence-corrected chi connectivity index (χ1v) is 6.26. The van der Waals surface area contributed by atoms with Crippen molar-refractivity contribution in [2.45, 2.75) is 38.5 Å². The number of hydrogen-bond donors (Lipinski definition) is 1. The molecule has 1 aliphatic heterocycles. The fourth-order valence-corrected chi connectivity index (χ4v) is 2.22. The summed E-state index contributed by atoms with van der Waals surface area (Å²) < 4.78 is 11.2. The molecule has 0 amide bonds. The molecule has 0 radical (unpaired) electrons. The highest BCUT2D eigenvalue weighted by Crippen LogP contribution is 2.15. The van der Waals surface area contributed by atoms with E-state index in [1.807, 2.05) is 12.1 Å². The zero-order valence-electron chi connectivity index (χ0n) is 10.4. The number of nitrogens with zero attached hydrogens (tertiary/aromatic N) is 1. The van der Waals surface area contributed by atoms with E-state index in [1.54, 1.807) is 0 Å². The third kappa shape index (κ3) is 3.84. The van der Waals surface area contributed by atoms with Gasteiger partial charge in [0, 0.05) is 13.2 Å². The minimum absolute atomic E-state index is 0.0323. The molecule has 2 rings (SSSR count). The lowest BCUT2D eigenvalue weighted by Crippen LogP contribution is -2.32. The fourth-order valence-electron chi connectivity index (χ4n) is 2.22. The van der Waals surface area contributed by atoms with Gasteiger partial charge >= 0.3 is 0 Å². The van der Waals surface area contributed by atoms with Gasteiger partial charge in [-0.1, -0.05) is 0 Å². The smallest absolute Gasteiger partial charge is 0.129 e. The summed E-state index contributed by atoms with van der Waals surface area (Å²) in [6.45, 7) is 2.57. The summed E-state index contributed by atoms with van der Waals surface area (Å²) in [4.78, 5) is 2.20. The van der Waals surface area contributed by atoms with Gasteiger partial charge in [-0.25, -0.2) is 0 Å². The molecule has 1 unspecified atom stereocenters. The molecule has 1 N–H and O–H groups in total. The molecule has 0 saturated carbocycles. The minimum atomic E-state index is -0.0323. The van der Waals surface area contributed by atoms with Gasteiger partial charge < -0.3 is 14.3 Å².